The highest BCUT2D eigenvalue weighted by atomic mass is 14.5. The van der Waals surface area contributed by atoms with Gasteiger partial charge in [-0.1, -0.05) is 139 Å². The molecule has 0 heterocycles. The quantitative estimate of drug-likeness (QED) is 0.100. The maximum atomic E-state index is 6.07. The molecule has 0 amide bonds. The van der Waals surface area contributed by atoms with Crippen molar-refractivity contribution in [3.05, 3.63) is 129 Å². The Bertz CT molecular complexity index is 1470. The molecule has 256 valence electrons. The van der Waals surface area contributed by atoms with Gasteiger partial charge >= 0.3 is 0 Å². The lowest BCUT2D eigenvalue weighted by Gasteiger charge is -2.42. The first-order valence-corrected chi connectivity index (χ1v) is 19.1. The first-order valence-electron chi connectivity index (χ1n) is 19.1. The second kappa shape index (κ2) is 16.7. The maximum Gasteiger partial charge on any atom is 0.0316 e. The van der Waals surface area contributed by atoms with Gasteiger partial charge in [0.2, 0.25) is 0 Å². The zero-order valence-corrected chi connectivity index (χ0v) is 30.7. The van der Waals surface area contributed by atoms with Crippen LogP contribution in [0.3, 0.4) is 0 Å². The second-order valence-corrected chi connectivity index (χ2v) is 15.2. The number of anilines is 2. The van der Waals surface area contributed by atoms with Gasteiger partial charge in [-0.05, 0) is 114 Å². The molecule has 0 saturated heterocycles. The molecule has 0 aliphatic heterocycles. The number of hydrogen-bond donors (Lipinski definition) is 2. The Morgan fingerprint density at radius 3 is 1.42 bits per heavy atom. The Labute approximate surface area is 292 Å². The Balaban J connectivity index is 1.34. The normalized spacial score (nSPS) is 19.2. The van der Waals surface area contributed by atoms with Gasteiger partial charge in [0.15, 0.2) is 0 Å². The summed E-state index contributed by atoms with van der Waals surface area (Å²) in [6.07, 6.45) is 17.7. The molecule has 1 saturated carbocycles. The predicted molar refractivity (Wildman–Crippen MR) is 209 cm³/mol. The minimum absolute atomic E-state index is 0.0630. The summed E-state index contributed by atoms with van der Waals surface area (Å²) in [6.45, 7) is 11.3. The molecular weight excluding hydrogens is 581 g/mol. The molecule has 2 atom stereocenters. The van der Waals surface area contributed by atoms with Crippen LogP contribution in [0.4, 0.5) is 11.4 Å². The Kier molecular flexibility index (Phi) is 12.5. The van der Waals surface area contributed by atoms with Crippen LogP contribution in [-0.4, -0.2) is 0 Å². The highest BCUT2D eigenvalue weighted by Crippen LogP contribution is 2.48. The van der Waals surface area contributed by atoms with Crippen LogP contribution in [0.5, 0.6) is 0 Å². The highest BCUT2D eigenvalue weighted by molar-refractivity contribution is 5.50. The van der Waals surface area contributed by atoms with E-state index in [9.17, 15) is 0 Å². The molecule has 0 bridgehead atoms. The molecule has 1 fully saturated rings. The Morgan fingerprint density at radius 1 is 0.583 bits per heavy atom. The fourth-order valence-corrected chi connectivity index (χ4v) is 8.68. The molecule has 4 aromatic rings. The summed E-state index contributed by atoms with van der Waals surface area (Å²) in [6, 6.07) is 32.0. The van der Waals surface area contributed by atoms with Gasteiger partial charge in [-0.25, -0.2) is 0 Å². The van der Waals surface area contributed by atoms with Crippen LogP contribution in [0.25, 0.3) is 0 Å². The first-order chi connectivity index (χ1) is 23.2. The highest BCUT2D eigenvalue weighted by Gasteiger charge is 2.38. The first kappa shape index (κ1) is 35.8. The number of nitrogen functional groups attached to an aromatic ring is 2. The number of hydrogen-bond acceptors (Lipinski definition) is 2. The third-order valence-electron chi connectivity index (χ3n) is 11.9. The van der Waals surface area contributed by atoms with Gasteiger partial charge in [0.1, 0.15) is 0 Å². The molecular formula is C46H62N2. The molecule has 5 rings (SSSR count). The van der Waals surface area contributed by atoms with E-state index in [2.05, 4.69) is 107 Å². The SMILES string of the molecule is CCCCCCCCCCC1CCC(c2ccc(C(C)c3ccc(N)cc3C)cc2)(c2ccc(C(C)c3ccc(N)cc3C)cc2)CC1. The van der Waals surface area contributed by atoms with Crippen LogP contribution < -0.4 is 11.5 Å². The third-order valence-corrected chi connectivity index (χ3v) is 11.9. The summed E-state index contributed by atoms with van der Waals surface area (Å²) in [4.78, 5) is 0. The molecule has 4 N–H and O–H groups in total. The van der Waals surface area contributed by atoms with E-state index in [0.717, 1.165) is 17.3 Å². The van der Waals surface area contributed by atoms with E-state index in [1.165, 1.54) is 128 Å². The van der Waals surface area contributed by atoms with Crippen LogP contribution >= 0.6 is 0 Å². The minimum atomic E-state index is 0.0630. The van der Waals surface area contributed by atoms with Crippen molar-refractivity contribution < 1.29 is 0 Å². The number of nitrogens with two attached hydrogens (primary N) is 2. The number of unbranched alkanes of at least 4 members (excludes halogenated alkanes) is 7. The van der Waals surface area contributed by atoms with Crippen molar-refractivity contribution in [3.63, 3.8) is 0 Å². The van der Waals surface area contributed by atoms with Crippen molar-refractivity contribution >= 4 is 11.4 Å². The summed E-state index contributed by atoms with van der Waals surface area (Å²) < 4.78 is 0. The zero-order chi connectivity index (χ0) is 34.1. The minimum Gasteiger partial charge on any atom is -0.399 e. The van der Waals surface area contributed by atoms with Crippen molar-refractivity contribution in [3.8, 4) is 0 Å². The van der Waals surface area contributed by atoms with E-state index in [-0.39, 0.29) is 5.41 Å². The lowest BCUT2D eigenvalue weighted by Crippen LogP contribution is -2.33. The molecule has 48 heavy (non-hydrogen) atoms. The molecule has 2 nitrogen and oxygen atoms in total. The van der Waals surface area contributed by atoms with Gasteiger partial charge in [-0.3, -0.25) is 0 Å². The summed E-state index contributed by atoms with van der Waals surface area (Å²) in [5, 5.41) is 0. The van der Waals surface area contributed by atoms with Crippen molar-refractivity contribution in [2.24, 2.45) is 5.92 Å². The predicted octanol–water partition coefficient (Wildman–Crippen LogP) is 12.8. The van der Waals surface area contributed by atoms with Gasteiger partial charge in [-0.15, -0.1) is 0 Å². The molecule has 0 radical (unpaired) electrons. The van der Waals surface area contributed by atoms with E-state index in [1.54, 1.807) is 0 Å². The van der Waals surface area contributed by atoms with E-state index in [4.69, 9.17) is 11.5 Å². The average molecular weight is 643 g/mol. The van der Waals surface area contributed by atoms with Gasteiger partial charge < -0.3 is 11.5 Å². The number of rotatable bonds is 15. The summed E-state index contributed by atoms with van der Waals surface area (Å²) in [5.74, 6) is 1.52. The molecule has 0 aromatic heterocycles. The van der Waals surface area contributed by atoms with E-state index >= 15 is 0 Å². The van der Waals surface area contributed by atoms with Crippen molar-refractivity contribution in [2.45, 2.75) is 135 Å². The summed E-state index contributed by atoms with van der Waals surface area (Å²) >= 11 is 0. The van der Waals surface area contributed by atoms with E-state index in [1.807, 2.05) is 12.1 Å². The Hall–Kier alpha value is -3.52. The van der Waals surface area contributed by atoms with E-state index < -0.39 is 0 Å². The lowest BCUT2D eigenvalue weighted by molar-refractivity contribution is 0.250. The molecule has 1 aliphatic carbocycles. The molecule has 0 spiro atoms. The van der Waals surface area contributed by atoms with Crippen LogP contribution in [0.1, 0.15) is 161 Å². The summed E-state index contributed by atoms with van der Waals surface area (Å²) in [7, 11) is 0. The molecule has 4 aromatic carbocycles. The molecule has 2 unspecified atom stereocenters. The van der Waals surface area contributed by atoms with Gasteiger partial charge in [-0.2, -0.15) is 0 Å². The standard InChI is InChI=1S/C46H62N2/c1-6-7-8-9-10-11-12-13-14-37-27-29-46(30-28-37,40-19-15-38(16-20-40)35(4)44-25-23-42(47)31-33(44)2)41-21-17-39(18-22-41)36(5)45-26-24-43(48)32-34(45)3/h15-26,31-32,35-37H,6-14,27-30,47-48H2,1-5H3. The lowest BCUT2D eigenvalue weighted by atomic mass is 9.62. The number of aryl methyl sites for hydroxylation is 2. The zero-order valence-electron chi connectivity index (χ0n) is 30.7. The van der Waals surface area contributed by atoms with Gasteiger partial charge in [0.25, 0.3) is 0 Å². The smallest absolute Gasteiger partial charge is 0.0316 e. The monoisotopic (exact) mass is 642 g/mol. The van der Waals surface area contributed by atoms with Crippen LogP contribution in [0.15, 0.2) is 84.9 Å². The fourth-order valence-electron chi connectivity index (χ4n) is 8.68. The van der Waals surface area contributed by atoms with Crippen LogP contribution in [-0.2, 0) is 5.41 Å². The topological polar surface area (TPSA) is 52.0 Å². The summed E-state index contributed by atoms with van der Waals surface area (Å²) in [5.41, 5.74) is 24.8. The van der Waals surface area contributed by atoms with Gasteiger partial charge in [0, 0.05) is 28.6 Å². The Morgan fingerprint density at radius 2 is 1.00 bits per heavy atom. The maximum absolute atomic E-state index is 6.07. The van der Waals surface area contributed by atoms with Crippen LogP contribution in [0, 0.1) is 19.8 Å². The fraction of sp³-hybridized carbons (Fsp3) is 0.478. The average Bonchev–Trinajstić information content (AvgIpc) is 3.09. The van der Waals surface area contributed by atoms with Gasteiger partial charge in [0.05, 0.1) is 0 Å². The largest absolute Gasteiger partial charge is 0.399 e. The number of benzene rings is 4. The molecule has 2 heteroatoms. The third kappa shape index (κ3) is 8.55. The van der Waals surface area contributed by atoms with E-state index in [0.29, 0.717) is 11.8 Å². The second-order valence-electron chi connectivity index (χ2n) is 15.2. The van der Waals surface area contributed by atoms with Crippen molar-refractivity contribution in [1.29, 1.82) is 0 Å². The van der Waals surface area contributed by atoms with Crippen LogP contribution in [0.2, 0.25) is 0 Å². The van der Waals surface area contributed by atoms with Crippen molar-refractivity contribution in [1.82, 2.24) is 0 Å². The van der Waals surface area contributed by atoms with Crippen molar-refractivity contribution in [2.75, 3.05) is 11.5 Å². The molecule has 1 aliphatic rings.